The third-order valence-electron chi connectivity index (χ3n) is 4.01. The molecule has 1 aromatic heterocycles. The van der Waals surface area contributed by atoms with Crippen LogP contribution in [0.25, 0.3) is 11.0 Å². The molecule has 20 heavy (non-hydrogen) atoms. The van der Waals surface area contributed by atoms with Crippen molar-refractivity contribution in [3.05, 3.63) is 23.8 Å². The first-order chi connectivity index (χ1) is 9.59. The first-order valence-corrected chi connectivity index (χ1v) is 6.72. The first-order valence-electron chi connectivity index (χ1n) is 6.72. The molecule has 1 aliphatic heterocycles. The van der Waals surface area contributed by atoms with E-state index in [-0.39, 0.29) is 11.0 Å². The summed E-state index contributed by atoms with van der Waals surface area (Å²) in [5, 5.41) is 17.3. The first kappa shape index (κ1) is 13.1. The molecule has 1 saturated heterocycles. The van der Waals surface area contributed by atoms with Crippen LogP contribution in [0.3, 0.4) is 0 Å². The lowest BCUT2D eigenvalue weighted by atomic mass is 9.82. The molecule has 0 bridgehead atoms. The maximum Gasteiger partial charge on any atom is 0.338 e. The smallest absolute Gasteiger partial charge is 0.338 e. The number of fused-ring (bicyclic) bond motifs is 1. The zero-order valence-corrected chi connectivity index (χ0v) is 11.4. The molecule has 0 amide bonds. The Labute approximate surface area is 116 Å². The summed E-state index contributed by atoms with van der Waals surface area (Å²) in [6.45, 7) is 4.48. The fourth-order valence-electron chi connectivity index (χ4n) is 2.66. The van der Waals surface area contributed by atoms with Gasteiger partial charge < -0.3 is 9.84 Å². The van der Waals surface area contributed by atoms with Gasteiger partial charge in [0.15, 0.2) is 0 Å². The van der Waals surface area contributed by atoms with Gasteiger partial charge in [0.1, 0.15) is 5.52 Å². The summed E-state index contributed by atoms with van der Waals surface area (Å²) in [6, 6.07) is 5.16. The molecule has 2 heterocycles. The predicted octanol–water partition coefficient (Wildman–Crippen LogP) is 1.95. The molecule has 1 aliphatic rings. The number of carboxylic acid groups (broad SMARTS) is 1. The van der Waals surface area contributed by atoms with E-state index < -0.39 is 5.97 Å². The number of benzene rings is 1. The van der Waals surface area contributed by atoms with E-state index in [9.17, 15) is 9.90 Å². The number of hydrogen-bond donors (Lipinski definition) is 1. The SMILES string of the molecule is CC1(Cn2nnc3c(C(=O)O)cccc32)CCOCC1. The number of carbonyl (C=O) groups is 1. The molecule has 1 aromatic carbocycles. The van der Waals surface area contributed by atoms with E-state index in [0.717, 1.165) is 38.1 Å². The summed E-state index contributed by atoms with van der Waals surface area (Å²) >= 11 is 0. The quantitative estimate of drug-likeness (QED) is 0.926. The van der Waals surface area contributed by atoms with Crippen LogP contribution in [0.1, 0.15) is 30.1 Å². The second kappa shape index (κ2) is 4.86. The van der Waals surface area contributed by atoms with Gasteiger partial charge >= 0.3 is 5.97 Å². The van der Waals surface area contributed by atoms with Gasteiger partial charge in [-0.2, -0.15) is 0 Å². The zero-order chi connectivity index (χ0) is 14.2. The average Bonchev–Trinajstić information content (AvgIpc) is 2.82. The average molecular weight is 275 g/mol. The molecule has 0 spiro atoms. The summed E-state index contributed by atoms with van der Waals surface area (Å²) in [5.41, 5.74) is 1.55. The van der Waals surface area contributed by atoms with Crippen LogP contribution in [0.4, 0.5) is 0 Å². The summed E-state index contributed by atoms with van der Waals surface area (Å²) in [4.78, 5) is 11.2. The van der Waals surface area contributed by atoms with Crippen molar-refractivity contribution in [1.29, 1.82) is 0 Å². The largest absolute Gasteiger partial charge is 0.478 e. The third kappa shape index (κ3) is 2.27. The Bertz CT molecular complexity index is 644. The lowest BCUT2D eigenvalue weighted by Crippen LogP contribution is -2.31. The Morgan fingerprint density at radius 1 is 1.45 bits per heavy atom. The maximum absolute atomic E-state index is 11.2. The molecule has 1 fully saturated rings. The number of nitrogens with zero attached hydrogens (tertiary/aromatic N) is 3. The Morgan fingerprint density at radius 2 is 2.20 bits per heavy atom. The maximum atomic E-state index is 11.2. The van der Waals surface area contributed by atoms with Gasteiger partial charge in [-0.1, -0.05) is 18.2 Å². The minimum absolute atomic E-state index is 0.123. The van der Waals surface area contributed by atoms with Crippen LogP contribution in [0.15, 0.2) is 18.2 Å². The standard InChI is InChI=1S/C14H17N3O3/c1-14(5-7-20-8-6-14)9-17-11-4-2-3-10(13(18)19)12(11)15-16-17/h2-4H,5-9H2,1H3,(H,18,19). The molecular formula is C14H17N3O3. The van der Waals surface area contributed by atoms with Gasteiger partial charge in [-0.3, -0.25) is 0 Å². The molecule has 3 rings (SSSR count). The summed E-state index contributed by atoms with van der Waals surface area (Å²) in [7, 11) is 0. The normalized spacial score (nSPS) is 18.2. The highest BCUT2D eigenvalue weighted by Crippen LogP contribution is 2.32. The van der Waals surface area contributed by atoms with E-state index in [0.29, 0.717) is 5.52 Å². The van der Waals surface area contributed by atoms with Crippen LogP contribution >= 0.6 is 0 Å². The van der Waals surface area contributed by atoms with Crippen molar-refractivity contribution in [2.45, 2.75) is 26.3 Å². The number of aromatic nitrogens is 3. The van der Waals surface area contributed by atoms with Crippen molar-refractivity contribution >= 4 is 17.0 Å². The van der Waals surface area contributed by atoms with Crippen LogP contribution in [-0.2, 0) is 11.3 Å². The highest BCUT2D eigenvalue weighted by Gasteiger charge is 2.29. The van der Waals surface area contributed by atoms with E-state index in [2.05, 4.69) is 17.2 Å². The molecule has 6 nitrogen and oxygen atoms in total. The fourth-order valence-corrected chi connectivity index (χ4v) is 2.66. The van der Waals surface area contributed by atoms with Crippen LogP contribution in [0.2, 0.25) is 0 Å². The Hall–Kier alpha value is -1.95. The van der Waals surface area contributed by atoms with Gasteiger partial charge in [0.25, 0.3) is 0 Å². The predicted molar refractivity (Wildman–Crippen MR) is 72.6 cm³/mol. The fraction of sp³-hybridized carbons (Fsp3) is 0.500. The number of hydrogen-bond acceptors (Lipinski definition) is 4. The molecular weight excluding hydrogens is 258 g/mol. The van der Waals surface area contributed by atoms with Gasteiger partial charge in [0, 0.05) is 19.8 Å². The minimum Gasteiger partial charge on any atom is -0.478 e. The van der Waals surface area contributed by atoms with E-state index in [1.54, 1.807) is 12.1 Å². The van der Waals surface area contributed by atoms with Crippen molar-refractivity contribution in [3.63, 3.8) is 0 Å². The highest BCUT2D eigenvalue weighted by molar-refractivity contribution is 6.00. The summed E-state index contributed by atoms with van der Waals surface area (Å²) in [6.07, 6.45) is 1.96. The van der Waals surface area contributed by atoms with E-state index in [4.69, 9.17) is 4.74 Å². The van der Waals surface area contributed by atoms with E-state index in [1.807, 2.05) is 10.7 Å². The number of rotatable bonds is 3. The Kier molecular flexibility index (Phi) is 3.17. The lowest BCUT2D eigenvalue weighted by molar-refractivity contribution is 0.0142. The molecule has 0 atom stereocenters. The van der Waals surface area contributed by atoms with Crippen LogP contribution in [0, 0.1) is 5.41 Å². The zero-order valence-electron chi connectivity index (χ0n) is 11.4. The Morgan fingerprint density at radius 3 is 2.90 bits per heavy atom. The topological polar surface area (TPSA) is 77.2 Å². The second-order valence-electron chi connectivity index (χ2n) is 5.65. The number of carboxylic acids is 1. The molecule has 6 heteroatoms. The van der Waals surface area contributed by atoms with Crippen molar-refractivity contribution in [2.24, 2.45) is 5.41 Å². The van der Waals surface area contributed by atoms with Crippen molar-refractivity contribution < 1.29 is 14.6 Å². The third-order valence-corrected chi connectivity index (χ3v) is 4.01. The molecule has 106 valence electrons. The van der Waals surface area contributed by atoms with Crippen molar-refractivity contribution in [1.82, 2.24) is 15.0 Å². The van der Waals surface area contributed by atoms with Crippen LogP contribution in [-0.4, -0.2) is 39.3 Å². The molecule has 0 aliphatic carbocycles. The molecule has 1 N–H and O–H groups in total. The van der Waals surface area contributed by atoms with Gasteiger partial charge in [0.05, 0.1) is 11.1 Å². The molecule has 0 unspecified atom stereocenters. The number of ether oxygens (including phenoxy) is 1. The van der Waals surface area contributed by atoms with E-state index in [1.165, 1.54) is 0 Å². The van der Waals surface area contributed by atoms with Crippen molar-refractivity contribution in [2.75, 3.05) is 13.2 Å². The second-order valence-corrected chi connectivity index (χ2v) is 5.65. The number of aromatic carboxylic acids is 1. The van der Waals surface area contributed by atoms with Crippen LogP contribution in [0.5, 0.6) is 0 Å². The monoisotopic (exact) mass is 275 g/mol. The van der Waals surface area contributed by atoms with Gasteiger partial charge in [-0.15, -0.1) is 5.10 Å². The molecule has 2 aromatic rings. The van der Waals surface area contributed by atoms with Crippen LogP contribution < -0.4 is 0 Å². The van der Waals surface area contributed by atoms with Gasteiger partial charge in [0.2, 0.25) is 0 Å². The molecule has 0 saturated carbocycles. The van der Waals surface area contributed by atoms with Gasteiger partial charge in [-0.05, 0) is 30.4 Å². The highest BCUT2D eigenvalue weighted by atomic mass is 16.5. The summed E-state index contributed by atoms with van der Waals surface area (Å²) in [5.74, 6) is -0.972. The lowest BCUT2D eigenvalue weighted by Gasteiger charge is -2.33. The summed E-state index contributed by atoms with van der Waals surface area (Å²) < 4.78 is 7.21. The molecule has 0 radical (unpaired) electrons. The van der Waals surface area contributed by atoms with Crippen molar-refractivity contribution in [3.8, 4) is 0 Å². The van der Waals surface area contributed by atoms with Gasteiger partial charge in [-0.25, -0.2) is 9.48 Å². The van der Waals surface area contributed by atoms with E-state index >= 15 is 0 Å². The Balaban J connectivity index is 1.96. The minimum atomic E-state index is -0.972.